The number of hydrogen-bond donors (Lipinski definition) is 0. The first-order valence-corrected chi connectivity index (χ1v) is 9.77. The summed E-state index contributed by atoms with van der Waals surface area (Å²) >= 11 is 1.57. The molecule has 0 aliphatic heterocycles. The summed E-state index contributed by atoms with van der Waals surface area (Å²) in [6, 6.07) is 8.73. The summed E-state index contributed by atoms with van der Waals surface area (Å²) in [5.41, 5.74) is 2.33. The molecule has 0 radical (unpaired) electrons. The molecule has 2 aromatic heterocycles. The third-order valence-corrected chi connectivity index (χ3v) is 5.85. The molecule has 7 heteroatoms. The summed E-state index contributed by atoms with van der Waals surface area (Å²) in [5.74, 6) is 0.386. The Balaban J connectivity index is 1.45. The van der Waals surface area contributed by atoms with E-state index < -0.39 is 0 Å². The van der Waals surface area contributed by atoms with Crippen molar-refractivity contribution in [3.63, 3.8) is 0 Å². The van der Waals surface area contributed by atoms with Crippen LogP contribution in [-0.4, -0.2) is 22.5 Å². The second-order valence-electron chi connectivity index (χ2n) is 6.57. The number of aryl methyl sites for hydroxylation is 2. The van der Waals surface area contributed by atoms with Crippen molar-refractivity contribution in [2.75, 3.05) is 7.11 Å². The zero-order chi connectivity index (χ0) is 18.8. The molecule has 0 saturated carbocycles. The fourth-order valence-corrected chi connectivity index (χ4v) is 4.56. The fourth-order valence-electron chi connectivity index (χ4n) is 3.33. The van der Waals surface area contributed by atoms with Crippen LogP contribution in [0.3, 0.4) is 0 Å². The van der Waals surface area contributed by atoms with Crippen molar-refractivity contribution in [3.8, 4) is 5.75 Å². The molecule has 6 nitrogen and oxygen atoms in total. The number of esters is 1. The number of thiazole rings is 1. The number of aromatic nitrogens is 2. The molecule has 0 bridgehead atoms. The van der Waals surface area contributed by atoms with E-state index in [0.717, 1.165) is 42.7 Å². The van der Waals surface area contributed by atoms with Gasteiger partial charge in [0, 0.05) is 16.6 Å². The Labute approximate surface area is 160 Å². The summed E-state index contributed by atoms with van der Waals surface area (Å²) in [4.78, 5) is 31.1. The monoisotopic (exact) mass is 384 g/mol. The number of carbonyl (C=O) groups excluding carboxylic acids is 1. The third-order valence-electron chi connectivity index (χ3n) is 4.70. The van der Waals surface area contributed by atoms with Gasteiger partial charge < -0.3 is 9.47 Å². The van der Waals surface area contributed by atoms with Gasteiger partial charge in [-0.25, -0.2) is 4.98 Å². The zero-order valence-electron chi connectivity index (χ0n) is 15.1. The quantitative estimate of drug-likeness (QED) is 0.633. The summed E-state index contributed by atoms with van der Waals surface area (Å²) in [6.07, 6.45) is 4.36. The summed E-state index contributed by atoms with van der Waals surface area (Å²) in [6.45, 7) is 0.00327. The smallest absolute Gasteiger partial charge is 0.310 e. The van der Waals surface area contributed by atoms with E-state index in [-0.39, 0.29) is 24.6 Å². The summed E-state index contributed by atoms with van der Waals surface area (Å²) in [5, 5.41) is 0. The van der Waals surface area contributed by atoms with Gasteiger partial charge in [0.25, 0.3) is 5.56 Å². The van der Waals surface area contributed by atoms with E-state index in [1.807, 2.05) is 12.1 Å². The fraction of sp³-hybridized carbons (Fsp3) is 0.350. The molecule has 1 aliphatic carbocycles. The van der Waals surface area contributed by atoms with E-state index in [9.17, 15) is 9.59 Å². The Bertz CT molecular complexity index is 1040. The highest BCUT2D eigenvalue weighted by atomic mass is 32.1. The van der Waals surface area contributed by atoms with Crippen LogP contribution in [-0.2, 0) is 35.4 Å². The number of nitrogens with zero attached hydrogens (tertiary/aromatic N) is 2. The predicted octanol–water partition coefficient (Wildman–Crippen LogP) is 2.93. The largest absolute Gasteiger partial charge is 0.497 e. The lowest BCUT2D eigenvalue weighted by Crippen LogP contribution is -2.19. The second kappa shape index (κ2) is 7.52. The second-order valence-corrected chi connectivity index (χ2v) is 7.63. The van der Waals surface area contributed by atoms with Gasteiger partial charge in [0.15, 0.2) is 4.96 Å². The standard InChI is InChI=1S/C20H20N2O4S/c1-25-15-8-6-13(7-9-15)10-19(24)26-12-14-11-18(23)22-16-4-2-3-5-17(16)27-20(22)21-14/h6-9,11H,2-5,10,12H2,1H3. The first-order chi connectivity index (χ1) is 13.1. The van der Waals surface area contributed by atoms with Gasteiger partial charge in [-0.2, -0.15) is 0 Å². The first-order valence-electron chi connectivity index (χ1n) is 8.96. The SMILES string of the molecule is COc1ccc(CC(=O)OCc2cc(=O)n3c4c(sc3n2)CCCC4)cc1. The molecule has 0 atom stereocenters. The van der Waals surface area contributed by atoms with Crippen molar-refractivity contribution in [1.29, 1.82) is 0 Å². The van der Waals surface area contributed by atoms with Crippen molar-refractivity contribution >= 4 is 22.3 Å². The number of hydrogen-bond acceptors (Lipinski definition) is 6. The molecule has 3 aromatic rings. The van der Waals surface area contributed by atoms with E-state index in [0.29, 0.717) is 10.7 Å². The minimum absolute atomic E-state index is 0.00327. The third kappa shape index (κ3) is 3.73. The van der Waals surface area contributed by atoms with Crippen LogP contribution in [0.2, 0.25) is 0 Å². The van der Waals surface area contributed by atoms with E-state index in [2.05, 4.69) is 4.98 Å². The minimum atomic E-state index is -0.354. The van der Waals surface area contributed by atoms with Gasteiger partial charge in [0.2, 0.25) is 0 Å². The molecule has 0 amide bonds. The van der Waals surface area contributed by atoms with Crippen LogP contribution in [0.5, 0.6) is 5.75 Å². The molecule has 0 saturated heterocycles. The van der Waals surface area contributed by atoms with Crippen LogP contribution in [0.1, 0.15) is 34.7 Å². The van der Waals surface area contributed by atoms with E-state index >= 15 is 0 Å². The average Bonchev–Trinajstić information content (AvgIpc) is 3.06. The highest BCUT2D eigenvalue weighted by molar-refractivity contribution is 7.17. The Kier molecular flexibility index (Phi) is 4.94. The summed E-state index contributed by atoms with van der Waals surface area (Å²) < 4.78 is 12.1. The normalized spacial score (nSPS) is 13.4. The molecule has 2 heterocycles. The lowest BCUT2D eigenvalue weighted by Gasteiger charge is -2.10. The van der Waals surface area contributed by atoms with Gasteiger partial charge in [-0.05, 0) is 43.4 Å². The predicted molar refractivity (Wildman–Crippen MR) is 102 cm³/mol. The molecule has 140 valence electrons. The maximum Gasteiger partial charge on any atom is 0.310 e. The van der Waals surface area contributed by atoms with Crippen LogP contribution < -0.4 is 10.3 Å². The molecule has 1 aliphatic rings. The molecule has 0 unspecified atom stereocenters. The van der Waals surface area contributed by atoms with Crippen molar-refractivity contribution in [1.82, 2.24) is 9.38 Å². The molecule has 0 spiro atoms. The number of fused-ring (bicyclic) bond motifs is 3. The molecule has 0 N–H and O–H groups in total. The Hall–Kier alpha value is -2.67. The van der Waals surface area contributed by atoms with Gasteiger partial charge in [-0.1, -0.05) is 12.1 Å². The molecular formula is C20H20N2O4S. The summed E-state index contributed by atoms with van der Waals surface area (Å²) in [7, 11) is 1.60. The maximum atomic E-state index is 12.5. The van der Waals surface area contributed by atoms with Crippen LogP contribution in [0, 0.1) is 0 Å². The molecule has 4 rings (SSSR count). The lowest BCUT2D eigenvalue weighted by molar-refractivity contribution is -0.144. The van der Waals surface area contributed by atoms with Crippen LogP contribution in [0.15, 0.2) is 35.1 Å². The van der Waals surface area contributed by atoms with E-state index in [1.165, 1.54) is 10.9 Å². The highest BCUT2D eigenvalue weighted by Crippen LogP contribution is 2.28. The molecule has 0 fully saturated rings. The van der Waals surface area contributed by atoms with Gasteiger partial charge >= 0.3 is 5.97 Å². The topological polar surface area (TPSA) is 69.9 Å². The van der Waals surface area contributed by atoms with Crippen LogP contribution in [0.4, 0.5) is 0 Å². The number of rotatable bonds is 5. The molecular weight excluding hydrogens is 364 g/mol. The average molecular weight is 384 g/mol. The highest BCUT2D eigenvalue weighted by Gasteiger charge is 2.18. The number of methoxy groups -OCH3 is 1. The maximum absolute atomic E-state index is 12.5. The Morgan fingerprint density at radius 3 is 2.78 bits per heavy atom. The van der Waals surface area contributed by atoms with E-state index in [4.69, 9.17) is 9.47 Å². The zero-order valence-corrected chi connectivity index (χ0v) is 15.9. The van der Waals surface area contributed by atoms with Crippen molar-refractivity contribution in [3.05, 3.63) is 62.5 Å². The van der Waals surface area contributed by atoms with Gasteiger partial charge in [0.05, 0.1) is 19.2 Å². The number of carbonyl (C=O) groups is 1. The van der Waals surface area contributed by atoms with Gasteiger partial charge in [-0.15, -0.1) is 11.3 Å². The Morgan fingerprint density at radius 2 is 2.00 bits per heavy atom. The van der Waals surface area contributed by atoms with Crippen LogP contribution >= 0.6 is 11.3 Å². The minimum Gasteiger partial charge on any atom is -0.497 e. The Morgan fingerprint density at radius 1 is 1.22 bits per heavy atom. The van der Waals surface area contributed by atoms with Crippen molar-refractivity contribution in [2.45, 2.75) is 38.7 Å². The number of ether oxygens (including phenoxy) is 2. The first kappa shape index (κ1) is 17.7. The molecule has 27 heavy (non-hydrogen) atoms. The van der Waals surface area contributed by atoms with Gasteiger partial charge in [0.1, 0.15) is 12.4 Å². The van der Waals surface area contributed by atoms with Crippen molar-refractivity contribution < 1.29 is 14.3 Å². The van der Waals surface area contributed by atoms with Gasteiger partial charge in [-0.3, -0.25) is 14.0 Å². The van der Waals surface area contributed by atoms with Crippen LogP contribution in [0.25, 0.3) is 4.96 Å². The van der Waals surface area contributed by atoms with E-state index in [1.54, 1.807) is 35.0 Å². The number of benzene rings is 1. The lowest BCUT2D eigenvalue weighted by atomic mass is 10.0. The molecule has 1 aromatic carbocycles. The van der Waals surface area contributed by atoms with Crippen molar-refractivity contribution in [2.24, 2.45) is 0 Å².